The van der Waals surface area contributed by atoms with Gasteiger partial charge < -0.3 is 19.6 Å². The van der Waals surface area contributed by atoms with Crippen molar-refractivity contribution in [2.45, 2.75) is 17.1 Å². The molecule has 3 aromatic rings. The molecular formula is C20H16ClN3O3S. The van der Waals surface area contributed by atoms with Crippen LogP contribution in [0.4, 0.5) is 0 Å². The SMILES string of the molecule is CC(Sc1cc2c(cc1Cl)OCCO2)C(O)=C(C#N)c1nc2ccccc2[nH]1. The summed E-state index contributed by atoms with van der Waals surface area (Å²) in [6.07, 6.45) is 0. The number of aromatic nitrogens is 2. The average Bonchev–Trinajstić information content (AvgIpc) is 3.12. The van der Waals surface area contributed by atoms with Gasteiger partial charge in [0.05, 0.1) is 21.3 Å². The Kier molecular flexibility index (Phi) is 5.07. The van der Waals surface area contributed by atoms with Crippen LogP contribution >= 0.6 is 23.4 Å². The van der Waals surface area contributed by atoms with Gasteiger partial charge in [-0.2, -0.15) is 5.26 Å². The highest BCUT2D eigenvalue weighted by atomic mass is 35.5. The van der Waals surface area contributed by atoms with Crippen LogP contribution in [0.3, 0.4) is 0 Å². The molecule has 1 unspecified atom stereocenters. The van der Waals surface area contributed by atoms with Crippen molar-refractivity contribution in [2.24, 2.45) is 0 Å². The number of benzene rings is 2. The normalized spacial score (nSPS) is 15.0. The van der Waals surface area contributed by atoms with Gasteiger partial charge in [0, 0.05) is 11.0 Å². The third-order valence-electron chi connectivity index (χ3n) is 4.28. The van der Waals surface area contributed by atoms with Gasteiger partial charge in [0.25, 0.3) is 0 Å². The topological polar surface area (TPSA) is 91.2 Å². The number of halogens is 1. The number of thioether (sulfide) groups is 1. The summed E-state index contributed by atoms with van der Waals surface area (Å²) < 4.78 is 11.1. The summed E-state index contributed by atoms with van der Waals surface area (Å²) in [4.78, 5) is 8.21. The first-order valence-corrected chi connectivity index (χ1v) is 9.86. The molecule has 1 aliphatic rings. The minimum absolute atomic E-state index is 0.0717. The molecule has 2 N–H and O–H groups in total. The maximum absolute atomic E-state index is 10.7. The molecule has 0 fully saturated rings. The van der Waals surface area contributed by atoms with Crippen molar-refractivity contribution in [1.29, 1.82) is 5.26 Å². The largest absolute Gasteiger partial charge is 0.510 e. The molecular weight excluding hydrogens is 398 g/mol. The summed E-state index contributed by atoms with van der Waals surface area (Å²) in [5.74, 6) is 1.49. The van der Waals surface area contributed by atoms with Crippen molar-refractivity contribution < 1.29 is 14.6 Å². The number of hydrogen-bond donors (Lipinski definition) is 2. The van der Waals surface area contributed by atoms with E-state index >= 15 is 0 Å². The average molecular weight is 414 g/mol. The molecule has 0 bridgehead atoms. The second kappa shape index (κ2) is 7.66. The Labute approximate surface area is 170 Å². The van der Waals surface area contributed by atoms with Crippen molar-refractivity contribution in [3.05, 3.63) is 53.0 Å². The maximum atomic E-state index is 10.7. The van der Waals surface area contributed by atoms with E-state index in [1.807, 2.05) is 24.3 Å². The number of ether oxygens (including phenoxy) is 2. The molecule has 1 aliphatic heterocycles. The number of aliphatic hydroxyl groups excluding tert-OH is 1. The van der Waals surface area contributed by atoms with E-state index in [0.29, 0.717) is 35.6 Å². The molecule has 0 saturated heterocycles. The molecule has 0 aliphatic carbocycles. The minimum atomic E-state index is -0.428. The Hall–Kier alpha value is -2.82. The van der Waals surface area contributed by atoms with E-state index in [0.717, 1.165) is 15.9 Å². The molecule has 0 saturated carbocycles. The number of nitrogens with zero attached hydrogens (tertiary/aromatic N) is 2. The summed E-state index contributed by atoms with van der Waals surface area (Å²) in [6, 6.07) is 13.0. The van der Waals surface area contributed by atoms with E-state index in [1.54, 1.807) is 19.1 Å². The smallest absolute Gasteiger partial charge is 0.162 e. The third kappa shape index (κ3) is 3.49. The molecule has 8 heteroatoms. The summed E-state index contributed by atoms with van der Waals surface area (Å²) in [5, 5.41) is 20.4. The highest BCUT2D eigenvalue weighted by Gasteiger charge is 2.22. The van der Waals surface area contributed by atoms with Crippen molar-refractivity contribution >= 4 is 40.0 Å². The van der Waals surface area contributed by atoms with Crippen LogP contribution in [0.15, 0.2) is 47.1 Å². The van der Waals surface area contributed by atoms with E-state index in [4.69, 9.17) is 21.1 Å². The van der Waals surface area contributed by atoms with Crippen molar-refractivity contribution in [3.63, 3.8) is 0 Å². The van der Waals surface area contributed by atoms with Crippen LogP contribution in [0, 0.1) is 11.3 Å². The number of nitrogens with one attached hydrogen (secondary N) is 1. The lowest BCUT2D eigenvalue weighted by Gasteiger charge is -2.20. The summed E-state index contributed by atoms with van der Waals surface area (Å²) >= 11 is 7.68. The van der Waals surface area contributed by atoms with Crippen LogP contribution in [0.2, 0.25) is 5.02 Å². The first-order chi connectivity index (χ1) is 13.6. The molecule has 6 nitrogen and oxygen atoms in total. The van der Waals surface area contributed by atoms with Crippen LogP contribution in [0.25, 0.3) is 16.6 Å². The van der Waals surface area contributed by atoms with Gasteiger partial charge in [-0.25, -0.2) is 4.98 Å². The molecule has 0 spiro atoms. The zero-order chi connectivity index (χ0) is 19.7. The number of allylic oxidation sites excluding steroid dienone is 1. The van der Waals surface area contributed by atoms with Crippen LogP contribution in [-0.2, 0) is 0 Å². The Morgan fingerprint density at radius 2 is 2.00 bits per heavy atom. The lowest BCUT2D eigenvalue weighted by Crippen LogP contribution is -2.15. The molecule has 28 heavy (non-hydrogen) atoms. The monoisotopic (exact) mass is 413 g/mol. The number of nitriles is 1. The fourth-order valence-corrected chi connectivity index (χ4v) is 4.13. The van der Waals surface area contributed by atoms with Crippen LogP contribution in [0.1, 0.15) is 12.7 Å². The second-order valence-electron chi connectivity index (χ2n) is 6.16. The minimum Gasteiger partial charge on any atom is -0.510 e. The van der Waals surface area contributed by atoms with Gasteiger partial charge in [-0.3, -0.25) is 0 Å². The predicted molar refractivity (Wildman–Crippen MR) is 109 cm³/mol. The van der Waals surface area contributed by atoms with Crippen LogP contribution < -0.4 is 9.47 Å². The van der Waals surface area contributed by atoms with Crippen LogP contribution in [0.5, 0.6) is 11.5 Å². The van der Waals surface area contributed by atoms with Gasteiger partial charge in [-0.1, -0.05) is 23.7 Å². The number of para-hydroxylation sites is 2. The van der Waals surface area contributed by atoms with Gasteiger partial charge in [0.2, 0.25) is 0 Å². The first-order valence-electron chi connectivity index (χ1n) is 8.61. The lowest BCUT2D eigenvalue weighted by atomic mass is 10.2. The zero-order valence-corrected chi connectivity index (χ0v) is 16.5. The van der Waals surface area contributed by atoms with Gasteiger partial charge in [-0.05, 0) is 25.1 Å². The number of H-pyrrole nitrogens is 1. The molecule has 0 radical (unpaired) electrons. The van der Waals surface area contributed by atoms with Crippen molar-refractivity contribution in [3.8, 4) is 17.6 Å². The summed E-state index contributed by atoms with van der Waals surface area (Å²) in [5.41, 5.74) is 1.63. The van der Waals surface area contributed by atoms with E-state index in [-0.39, 0.29) is 11.3 Å². The molecule has 1 atom stereocenters. The van der Waals surface area contributed by atoms with Gasteiger partial charge in [-0.15, -0.1) is 11.8 Å². The lowest BCUT2D eigenvalue weighted by molar-refractivity contribution is 0.171. The van der Waals surface area contributed by atoms with Crippen molar-refractivity contribution in [2.75, 3.05) is 13.2 Å². The summed E-state index contributed by atoms with van der Waals surface area (Å²) in [6.45, 7) is 2.76. The quantitative estimate of drug-likeness (QED) is 0.357. The number of hydrogen-bond acceptors (Lipinski definition) is 6. The zero-order valence-electron chi connectivity index (χ0n) is 14.9. The number of fused-ring (bicyclic) bond motifs is 2. The molecule has 4 rings (SSSR count). The molecule has 2 heterocycles. The number of aliphatic hydroxyl groups is 1. The molecule has 2 aromatic carbocycles. The first kappa shape index (κ1) is 18.5. The molecule has 0 amide bonds. The van der Waals surface area contributed by atoms with E-state index in [9.17, 15) is 10.4 Å². The highest BCUT2D eigenvalue weighted by Crippen LogP contribution is 2.42. The third-order valence-corrected chi connectivity index (χ3v) is 5.87. The van der Waals surface area contributed by atoms with Crippen molar-refractivity contribution in [1.82, 2.24) is 9.97 Å². The fraction of sp³-hybridized carbons (Fsp3) is 0.200. The van der Waals surface area contributed by atoms with Gasteiger partial charge in [0.1, 0.15) is 30.6 Å². The fourth-order valence-electron chi connectivity index (χ4n) is 2.89. The number of rotatable bonds is 4. The van der Waals surface area contributed by atoms with Gasteiger partial charge >= 0.3 is 0 Å². The standard InChI is InChI=1S/C20H16ClN3O3S/c1-11(28-18-9-17-16(8-13(18)21)26-6-7-27-17)19(25)12(10-22)20-23-14-4-2-3-5-15(14)24-20/h2-5,8-9,11,25H,6-7H2,1H3,(H,23,24). The Morgan fingerprint density at radius 3 is 2.71 bits per heavy atom. The Balaban J connectivity index is 1.64. The summed E-state index contributed by atoms with van der Waals surface area (Å²) in [7, 11) is 0. The number of aromatic amines is 1. The van der Waals surface area contributed by atoms with E-state index in [1.165, 1.54) is 11.8 Å². The Bertz CT molecular complexity index is 1090. The second-order valence-corrected chi connectivity index (χ2v) is 7.95. The van der Waals surface area contributed by atoms with Gasteiger partial charge in [0.15, 0.2) is 17.3 Å². The molecule has 142 valence electrons. The predicted octanol–water partition coefficient (Wildman–Crippen LogP) is 4.96. The Morgan fingerprint density at radius 1 is 1.29 bits per heavy atom. The number of imidazole rings is 1. The van der Waals surface area contributed by atoms with Crippen LogP contribution in [-0.4, -0.2) is 33.5 Å². The maximum Gasteiger partial charge on any atom is 0.162 e. The van der Waals surface area contributed by atoms with E-state index < -0.39 is 5.25 Å². The highest BCUT2D eigenvalue weighted by molar-refractivity contribution is 8.00. The molecule has 1 aromatic heterocycles. The van der Waals surface area contributed by atoms with E-state index in [2.05, 4.69) is 16.0 Å².